The average molecular weight is 174 g/mol. The number of hydrogen-bond acceptors (Lipinski definition) is 0. The normalized spacial score (nSPS) is 34.2. The summed E-state index contributed by atoms with van der Waals surface area (Å²) in [6.45, 7) is 11.2. The van der Waals surface area contributed by atoms with Crippen molar-refractivity contribution in [2.45, 2.75) is 53.9 Å². The van der Waals surface area contributed by atoms with Crippen molar-refractivity contribution in [3.63, 3.8) is 0 Å². The average Bonchev–Trinajstić information content (AvgIpc) is 2.02. The standard InChI is InChI=1S/C9H18.C2H6.H2O/c1-7-4-5-8(2)9(3)6-7;1-2;/h7-9H,4-6H2,1-3H3;1-2H3;1H2. The van der Waals surface area contributed by atoms with Gasteiger partial charge in [0, 0.05) is 0 Å². The second kappa shape index (κ2) is 7.60. The molecule has 1 saturated carbocycles. The van der Waals surface area contributed by atoms with Crippen LogP contribution in [0.15, 0.2) is 0 Å². The Morgan fingerprint density at radius 1 is 0.833 bits per heavy atom. The molecule has 0 heterocycles. The van der Waals surface area contributed by atoms with Crippen molar-refractivity contribution in [2.75, 3.05) is 0 Å². The highest BCUT2D eigenvalue weighted by atomic mass is 16.0. The van der Waals surface area contributed by atoms with E-state index in [-0.39, 0.29) is 5.48 Å². The van der Waals surface area contributed by atoms with Crippen LogP contribution in [0.2, 0.25) is 0 Å². The van der Waals surface area contributed by atoms with Crippen LogP contribution in [0.5, 0.6) is 0 Å². The second-order valence-electron chi connectivity index (χ2n) is 3.87. The summed E-state index contributed by atoms with van der Waals surface area (Å²) in [6, 6.07) is 0. The first-order valence-electron chi connectivity index (χ1n) is 5.20. The van der Waals surface area contributed by atoms with Crippen molar-refractivity contribution in [3.05, 3.63) is 0 Å². The molecule has 12 heavy (non-hydrogen) atoms. The molecule has 1 nitrogen and oxygen atoms in total. The summed E-state index contributed by atoms with van der Waals surface area (Å²) >= 11 is 0. The second-order valence-corrected chi connectivity index (χ2v) is 3.87. The molecule has 0 radical (unpaired) electrons. The van der Waals surface area contributed by atoms with Crippen LogP contribution in [-0.4, -0.2) is 5.48 Å². The predicted molar refractivity (Wildman–Crippen MR) is 56.3 cm³/mol. The van der Waals surface area contributed by atoms with E-state index in [2.05, 4.69) is 20.8 Å². The van der Waals surface area contributed by atoms with Crippen molar-refractivity contribution in [1.82, 2.24) is 0 Å². The molecule has 0 spiro atoms. The first kappa shape index (κ1) is 14.5. The van der Waals surface area contributed by atoms with E-state index in [0.717, 1.165) is 17.8 Å². The highest BCUT2D eigenvalue weighted by molar-refractivity contribution is 4.72. The molecule has 0 aromatic rings. The highest BCUT2D eigenvalue weighted by Gasteiger charge is 2.20. The molecule has 0 bridgehead atoms. The van der Waals surface area contributed by atoms with E-state index < -0.39 is 0 Å². The summed E-state index contributed by atoms with van der Waals surface area (Å²) in [7, 11) is 0. The van der Waals surface area contributed by atoms with Gasteiger partial charge in [-0.1, -0.05) is 47.5 Å². The summed E-state index contributed by atoms with van der Waals surface area (Å²) in [5.41, 5.74) is 0. The van der Waals surface area contributed by atoms with E-state index in [4.69, 9.17) is 0 Å². The number of rotatable bonds is 0. The fourth-order valence-corrected chi connectivity index (χ4v) is 1.82. The van der Waals surface area contributed by atoms with Gasteiger partial charge in [0.05, 0.1) is 0 Å². The van der Waals surface area contributed by atoms with Crippen LogP contribution in [0.1, 0.15) is 53.9 Å². The van der Waals surface area contributed by atoms with Crippen molar-refractivity contribution in [3.8, 4) is 0 Å². The smallest absolute Gasteiger partial charge is 0.0414 e. The lowest BCUT2D eigenvalue weighted by molar-refractivity contribution is 0.220. The quantitative estimate of drug-likeness (QED) is 0.540. The van der Waals surface area contributed by atoms with Crippen LogP contribution in [0.25, 0.3) is 0 Å². The highest BCUT2D eigenvalue weighted by Crippen LogP contribution is 2.32. The maximum atomic E-state index is 2.39. The summed E-state index contributed by atoms with van der Waals surface area (Å²) in [6.07, 6.45) is 4.38. The predicted octanol–water partition coefficient (Wildman–Crippen LogP) is 3.28. The summed E-state index contributed by atoms with van der Waals surface area (Å²) in [5.74, 6) is 2.96. The van der Waals surface area contributed by atoms with Gasteiger partial charge in [0.25, 0.3) is 0 Å². The van der Waals surface area contributed by atoms with Gasteiger partial charge in [0.2, 0.25) is 0 Å². The number of hydrogen-bond donors (Lipinski definition) is 0. The lowest BCUT2D eigenvalue weighted by Crippen LogP contribution is -2.18. The zero-order valence-electron chi connectivity index (χ0n) is 9.35. The molecule has 1 fully saturated rings. The van der Waals surface area contributed by atoms with Crippen LogP contribution in [-0.2, 0) is 0 Å². The Kier molecular flexibility index (Phi) is 9.17. The maximum absolute atomic E-state index is 2.39. The molecule has 0 saturated heterocycles. The van der Waals surface area contributed by atoms with Crippen LogP contribution >= 0.6 is 0 Å². The van der Waals surface area contributed by atoms with Crippen molar-refractivity contribution >= 4 is 0 Å². The fraction of sp³-hybridized carbons (Fsp3) is 1.00. The molecule has 1 heteroatoms. The Hall–Kier alpha value is -0.0400. The van der Waals surface area contributed by atoms with Gasteiger partial charge in [-0.2, -0.15) is 0 Å². The van der Waals surface area contributed by atoms with Crippen molar-refractivity contribution in [2.24, 2.45) is 17.8 Å². The molecule has 0 aromatic carbocycles. The van der Waals surface area contributed by atoms with Gasteiger partial charge in [0.1, 0.15) is 0 Å². The molecule has 1 rings (SSSR count). The fourth-order valence-electron chi connectivity index (χ4n) is 1.82. The Morgan fingerprint density at radius 3 is 1.67 bits per heavy atom. The lowest BCUT2D eigenvalue weighted by atomic mass is 9.77. The third-order valence-corrected chi connectivity index (χ3v) is 2.86. The minimum absolute atomic E-state index is 0. The van der Waals surface area contributed by atoms with Gasteiger partial charge in [-0.05, 0) is 24.2 Å². The van der Waals surface area contributed by atoms with Gasteiger partial charge in [-0.3, -0.25) is 0 Å². The van der Waals surface area contributed by atoms with Crippen LogP contribution in [0.4, 0.5) is 0 Å². The largest absolute Gasteiger partial charge is 0.412 e. The molecule has 0 amide bonds. The molecule has 0 aromatic heterocycles. The summed E-state index contributed by atoms with van der Waals surface area (Å²) in [5, 5.41) is 0. The molecule has 1 aliphatic rings. The van der Waals surface area contributed by atoms with Crippen molar-refractivity contribution < 1.29 is 5.48 Å². The maximum Gasteiger partial charge on any atom is -0.0414 e. The first-order chi connectivity index (χ1) is 5.20. The van der Waals surface area contributed by atoms with E-state index in [1.54, 1.807) is 0 Å². The first-order valence-corrected chi connectivity index (χ1v) is 5.20. The van der Waals surface area contributed by atoms with Gasteiger partial charge >= 0.3 is 0 Å². The van der Waals surface area contributed by atoms with Crippen LogP contribution < -0.4 is 0 Å². The van der Waals surface area contributed by atoms with E-state index >= 15 is 0 Å². The Morgan fingerprint density at radius 2 is 1.33 bits per heavy atom. The zero-order chi connectivity index (χ0) is 8.85. The third-order valence-electron chi connectivity index (χ3n) is 2.86. The van der Waals surface area contributed by atoms with Crippen LogP contribution in [0, 0.1) is 17.8 Å². The molecule has 0 aliphatic heterocycles. The zero-order valence-corrected chi connectivity index (χ0v) is 9.35. The minimum Gasteiger partial charge on any atom is -0.412 e. The van der Waals surface area contributed by atoms with E-state index in [0.29, 0.717) is 0 Å². The van der Waals surface area contributed by atoms with E-state index in [1.807, 2.05) is 13.8 Å². The molecule has 3 atom stereocenters. The monoisotopic (exact) mass is 174 g/mol. The van der Waals surface area contributed by atoms with Crippen molar-refractivity contribution in [1.29, 1.82) is 0 Å². The van der Waals surface area contributed by atoms with Gasteiger partial charge < -0.3 is 5.48 Å². The Labute approximate surface area is 77.9 Å². The summed E-state index contributed by atoms with van der Waals surface area (Å²) in [4.78, 5) is 0. The van der Waals surface area contributed by atoms with E-state index in [9.17, 15) is 0 Å². The molecule has 1 aliphatic carbocycles. The molecular formula is C11H26O. The topological polar surface area (TPSA) is 31.5 Å². The van der Waals surface area contributed by atoms with Gasteiger partial charge in [-0.15, -0.1) is 0 Å². The lowest BCUT2D eigenvalue weighted by Gasteiger charge is -2.29. The molecule has 76 valence electrons. The van der Waals surface area contributed by atoms with E-state index in [1.165, 1.54) is 19.3 Å². The van der Waals surface area contributed by atoms with Gasteiger partial charge in [-0.25, -0.2) is 0 Å². The Balaban J connectivity index is 0. The van der Waals surface area contributed by atoms with Crippen LogP contribution in [0.3, 0.4) is 0 Å². The molecular weight excluding hydrogens is 148 g/mol. The third kappa shape index (κ3) is 4.76. The van der Waals surface area contributed by atoms with Gasteiger partial charge in [0.15, 0.2) is 0 Å². The Bertz CT molecular complexity index is 91.0. The molecule has 3 unspecified atom stereocenters. The SMILES string of the molecule is CC.CC1CCC(C)C(C)C1.O. The summed E-state index contributed by atoms with van der Waals surface area (Å²) < 4.78 is 0. The molecule has 2 N–H and O–H groups in total. The minimum atomic E-state index is 0.